The monoisotopic (exact) mass is 356 g/mol. The van der Waals surface area contributed by atoms with Crippen LogP contribution in [0.5, 0.6) is 5.75 Å². The highest BCUT2D eigenvalue weighted by atomic mass is 19.4. The second-order valence-electron chi connectivity index (χ2n) is 7.30. The van der Waals surface area contributed by atoms with Crippen molar-refractivity contribution in [2.24, 2.45) is 17.8 Å². The topological polar surface area (TPSA) is 9.23 Å². The molecule has 2 aliphatic carbocycles. The highest BCUT2D eigenvalue weighted by Gasteiger charge is 2.34. The maximum Gasteiger partial charge on any atom is 0.573 e. The Morgan fingerprint density at radius 1 is 1.00 bits per heavy atom. The van der Waals surface area contributed by atoms with E-state index in [9.17, 15) is 17.6 Å². The molecule has 5 heteroatoms. The molecule has 1 fully saturated rings. The van der Waals surface area contributed by atoms with Gasteiger partial charge < -0.3 is 4.74 Å². The molecule has 1 atom stereocenters. The molecule has 0 heterocycles. The fourth-order valence-corrected chi connectivity index (χ4v) is 4.47. The van der Waals surface area contributed by atoms with Gasteiger partial charge in [0.1, 0.15) is 0 Å². The lowest BCUT2D eigenvalue weighted by atomic mass is 9.70. The van der Waals surface area contributed by atoms with E-state index in [1.165, 1.54) is 37.8 Å². The van der Waals surface area contributed by atoms with Gasteiger partial charge in [-0.15, -0.1) is 13.2 Å². The number of hydrogen-bond acceptors (Lipinski definition) is 1. The van der Waals surface area contributed by atoms with E-state index < -0.39 is 17.9 Å². The van der Waals surface area contributed by atoms with E-state index >= 15 is 0 Å². The number of aryl methyl sites for hydroxylation is 1. The fraction of sp³-hybridized carbons (Fsp3) is 0.600. The Kier molecular flexibility index (Phi) is 5.40. The van der Waals surface area contributed by atoms with E-state index in [2.05, 4.69) is 23.8 Å². The summed E-state index contributed by atoms with van der Waals surface area (Å²) < 4.78 is 54.8. The van der Waals surface area contributed by atoms with Gasteiger partial charge in [0, 0.05) is 0 Å². The van der Waals surface area contributed by atoms with E-state index in [-0.39, 0.29) is 0 Å². The Morgan fingerprint density at radius 2 is 1.72 bits per heavy atom. The van der Waals surface area contributed by atoms with Crippen LogP contribution in [0.3, 0.4) is 0 Å². The van der Waals surface area contributed by atoms with E-state index in [0.717, 1.165) is 24.0 Å². The molecule has 25 heavy (non-hydrogen) atoms. The Morgan fingerprint density at radius 3 is 2.36 bits per heavy atom. The maximum atomic E-state index is 14.0. The average Bonchev–Trinajstić information content (AvgIpc) is 2.55. The minimum atomic E-state index is -4.86. The molecule has 0 radical (unpaired) electrons. The number of halogens is 4. The third-order valence-corrected chi connectivity index (χ3v) is 5.69. The normalized spacial score (nSPS) is 27.3. The van der Waals surface area contributed by atoms with Gasteiger partial charge in [-0.2, -0.15) is 0 Å². The van der Waals surface area contributed by atoms with E-state index in [1.807, 2.05) is 0 Å². The van der Waals surface area contributed by atoms with Crippen molar-refractivity contribution in [3.63, 3.8) is 0 Å². The molecule has 1 nitrogen and oxygen atoms in total. The number of benzene rings is 1. The van der Waals surface area contributed by atoms with Crippen LogP contribution >= 0.6 is 0 Å². The summed E-state index contributed by atoms with van der Waals surface area (Å²) in [6.45, 7) is 2.05. The summed E-state index contributed by atoms with van der Waals surface area (Å²) >= 11 is 0. The van der Waals surface area contributed by atoms with Gasteiger partial charge in [0.15, 0.2) is 11.6 Å². The van der Waals surface area contributed by atoms with Gasteiger partial charge in [-0.3, -0.25) is 0 Å². The highest BCUT2D eigenvalue weighted by Crippen LogP contribution is 2.41. The molecule has 0 aromatic heterocycles. The zero-order valence-corrected chi connectivity index (χ0v) is 14.4. The van der Waals surface area contributed by atoms with Gasteiger partial charge in [-0.25, -0.2) is 4.39 Å². The van der Waals surface area contributed by atoms with Gasteiger partial charge in [-0.05, 0) is 92.9 Å². The van der Waals surface area contributed by atoms with E-state index in [1.54, 1.807) is 0 Å². The van der Waals surface area contributed by atoms with Crippen molar-refractivity contribution in [2.45, 2.75) is 58.2 Å². The minimum absolute atomic E-state index is 0.507. The minimum Gasteiger partial charge on any atom is -0.403 e. The first-order valence-electron chi connectivity index (χ1n) is 9.05. The van der Waals surface area contributed by atoms with Crippen molar-refractivity contribution in [2.75, 3.05) is 0 Å². The quantitative estimate of drug-likeness (QED) is 0.462. The summed E-state index contributed by atoms with van der Waals surface area (Å²) in [5, 5.41) is 0. The van der Waals surface area contributed by atoms with Gasteiger partial charge in [0.05, 0.1) is 0 Å². The molecule has 3 rings (SSSR count). The summed E-state index contributed by atoms with van der Waals surface area (Å²) in [6, 6.07) is 2.48. The van der Waals surface area contributed by atoms with Crippen LogP contribution in [0.4, 0.5) is 17.6 Å². The Bertz CT molecular complexity index is 627. The largest absolute Gasteiger partial charge is 0.573 e. The molecule has 1 unspecified atom stereocenters. The molecule has 0 bridgehead atoms. The van der Waals surface area contributed by atoms with Crippen LogP contribution in [0.1, 0.15) is 50.2 Å². The van der Waals surface area contributed by atoms with Crippen LogP contribution in [-0.4, -0.2) is 6.36 Å². The average molecular weight is 356 g/mol. The zero-order chi connectivity index (χ0) is 18.0. The first kappa shape index (κ1) is 18.3. The first-order chi connectivity index (χ1) is 11.9. The molecular formula is C20H24F4O. The number of hydrogen-bond donors (Lipinski definition) is 0. The van der Waals surface area contributed by atoms with Crippen molar-refractivity contribution in [1.82, 2.24) is 0 Å². The highest BCUT2D eigenvalue weighted by molar-refractivity contribution is 5.39. The predicted molar refractivity (Wildman–Crippen MR) is 88.9 cm³/mol. The van der Waals surface area contributed by atoms with Crippen molar-refractivity contribution in [3.05, 3.63) is 41.2 Å². The summed E-state index contributed by atoms with van der Waals surface area (Å²) in [5.41, 5.74) is 1.64. The van der Waals surface area contributed by atoms with Gasteiger partial charge >= 0.3 is 6.36 Å². The van der Waals surface area contributed by atoms with Crippen LogP contribution in [0.15, 0.2) is 24.3 Å². The molecule has 0 N–H and O–H groups in total. The summed E-state index contributed by atoms with van der Waals surface area (Å²) in [6.07, 6.45) is 6.73. The zero-order valence-electron chi connectivity index (χ0n) is 14.4. The fourth-order valence-electron chi connectivity index (χ4n) is 4.47. The lowest BCUT2D eigenvalue weighted by Gasteiger charge is -2.36. The van der Waals surface area contributed by atoms with Crippen molar-refractivity contribution < 1.29 is 22.3 Å². The molecular weight excluding hydrogens is 332 g/mol. The van der Waals surface area contributed by atoms with E-state index in [0.29, 0.717) is 24.2 Å². The van der Waals surface area contributed by atoms with Crippen molar-refractivity contribution >= 4 is 0 Å². The van der Waals surface area contributed by atoms with Crippen LogP contribution in [0.25, 0.3) is 0 Å². The lowest BCUT2D eigenvalue weighted by Crippen LogP contribution is -2.26. The third kappa shape index (κ3) is 4.56. The number of ether oxygens (including phenoxy) is 1. The molecule has 1 aromatic carbocycles. The van der Waals surface area contributed by atoms with Crippen LogP contribution < -0.4 is 4.74 Å². The smallest absolute Gasteiger partial charge is 0.403 e. The van der Waals surface area contributed by atoms with Gasteiger partial charge in [-0.1, -0.05) is 12.2 Å². The van der Waals surface area contributed by atoms with Crippen LogP contribution in [-0.2, 0) is 12.8 Å². The van der Waals surface area contributed by atoms with Gasteiger partial charge in [0.25, 0.3) is 0 Å². The standard InChI is InChI=1S/C20H24F4O/c1-2-3-13-4-6-14(7-5-13)15-8-9-16-12-19(25-20(22,23)24)18(21)11-17(16)10-15/h2-3,11-15H,4-10H2,1H3/b3-2+. The molecule has 1 saturated carbocycles. The molecule has 2 aliphatic rings. The van der Waals surface area contributed by atoms with Crippen molar-refractivity contribution in [3.8, 4) is 5.75 Å². The predicted octanol–water partition coefficient (Wildman–Crippen LogP) is 6.21. The number of rotatable bonds is 3. The molecule has 1 aromatic rings. The Balaban J connectivity index is 1.67. The van der Waals surface area contributed by atoms with Crippen LogP contribution in [0.2, 0.25) is 0 Å². The second kappa shape index (κ2) is 7.38. The number of fused-ring (bicyclic) bond motifs is 1. The molecule has 138 valence electrons. The second-order valence-corrected chi connectivity index (χ2v) is 7.30. The Labute approximate surface area is 146 Å². The number of allylic oxidation sites excluding steroid dienone is 2. The Hall–Kier alpha value is -1.52. The third-order valence-electron chi connectivity index (χ3n) is 5.69. The summed E-state index contributed by atoms with van der Waals surface area (Å²) in [5.74, 6) is 0.193. The molecule has 0 aliphatic heterocycles. The first-order valence-corrected chi connectivity index (χ1v) is 9.05. The van der Waals surface area contributed by atoms with Gasteiger partial charge in [0.2, 0.25) is 0 Å². The summed E-state index contributed by atoms with van der Waals surface area (Å²) in [7, 11) is 0. The molecule has 0 saturated heterocycles. The summed E-state index contributed by atoms with van der Waals surface area (Å²) in [4.78, 5) is 0. The van der Waals surface area contributed by atoms with E-state index in [4.69, 9.17) is 0 Å². The number of alkyl halides is 3. The maximum absolute atomic E-state index is 14.0. The SMILES string of the molecule is C/C=C/C1CCC(C2CCc3cc(OC(F)(F)F)c(F)cc3C2)CC1. The van der Waals surface area contributed by atoms with Crippen LogP contribution in [0, 0.1) is 23.6 Å². The van der Waals surface area contributed by atoms with Crippen molar-refractivity contribution in [1.29, 1.82) is 0 Å². The molecule has 0 spiro atoms. The lowest BCUT2D eigenvalue weighted by molar-refractivity contribution is -0.275. The molecule has 0 amide bonds.